The van der Waals surface area contributed by atoms with Crippen molar-refractivity contribution in [3.63, 3.8) is 0 Å². The van der Waals surface area contributed by atoms with E-state index in [1.807, 2.05) is 21.1 Å². The van der Waals surface area contributed by atoms with E-state index in [0.717, 1.165) is 89.9 Å². The number of carbonyl (C=O) groups excluding carboxylic acids is 2. The third-order valence-electron chi connectivity index (χ3n) is 11.5. The second-order valence-electron chi connectivity index (χ2n) is 19.2. The van der Waals surface area contributed by atoms with Gasteiger partial charge in [0.05, 0.1) is 34.4 Å². The molecule has 0 bridgehead atoms. The summed E-state index contributed by atoms with van der Waals surface area (Å²) in [5, 5.41) is 9.65. The summed E-state index contributed by atoms with van der Waals surface area (Å²) < 4.78 is 22.8. The Balaban J connectivity index is 4.08. The molecule has 0 radical (unpaired) electrons. The van der Waals surface area contributed by atoms with Crippen molar-refractivity contribution in [1.82, 2.24) is 0 Å². The van der Waals surface area contributed by atoms with Crippen molar-refractivity contribution in [2.45, 2.75) is 238 Å². The maximum atomic E-state index is 12.8. The number of quaternary nitrogens is 1. The van der Waals surface area contributed by atoms with Gasteiger partial charge in [0.1, 0.15) is 13.2 Å². The van der Waals surface area contributed by atoms with Gasteiger partial charge < -0.3 is 28.5 Å². The van der Waals surface area contributed by atoms with Crippen molar-refractivity contribution in [1.29, 1.82) is 0 Å². The molecule has 9 nitrogen and oxygen atoms in total. The van der Waals surface area contributed by atoms with Crippen molar-refractivity contribution in [2.24, 2.45) is 0 Å². The number of nitrogens with zero attached hydrogens (tertiary/aromatic N) is 1. The van der Waals surface area contributed by atoms with Gasteiger partial charge in [-0.05, 0) is 70.6 Å². The molecule has 0 aliphatic heterocycles. The molecular formula is C57H102NO8+. The maximum absolute atomic E-state index is 12.8. The number of likely N-dealkylation sites (N-methyl/N-ethyl adjacent to an activating group) is 1. The molecule has 0 saturated heterocycles. The molecule has 1 N–H and O–H groups in total. The van der Waals surface area contributed by atoms with Crippen molar-refractivity contribution >= 4 is 17.9 Å². The molecule has 0 rings (SSSR count). The van der Waals surface area contributed by atoms with E-state index in [4.69, 9.17) is 18.9 Å². The molecule has 0 aliphatic rings. The summed E-state index contributed by atoms with van der Waals surface area (Å²) in [5.41, 5.74) is 0. The van der Waals surface area contributed by atoms with Crippen LogP contribution in [0.2, 0.25) is 0 Å². The van der Waals surface area contributed by atoms with Gasteiger partial charge in [0, 0.05) is 12.8 Å². The average molecular weight is 929 g/mol. The van der Waals surface area contributed by atoms with E-state index in [-0.39, 0.29) is 32.2 Å². The predicted octanol–water partition coefficient (Wildman–Crippen LogP) is 15.3. The summed E-state index contributed by atoms with van der Waals surface area (Å²) in [5.74, 6) is -2.02. The van der Waals surface area contributed by atoms with Crippen molar-refractivity contribution in [3.05, 3.63) is 60.8 Å². The van der Waals surface area contributed by atoms with E-state index < -0.39 is 24.3 Å². The molecule has 0 heterocycles. The lowest BCUT2D eigenvalue weighted by Crippen LogP contribution is -2.40. The van der Waals surface area contributed by atoms with Crippen molar-refractivity contribution in [2.75, 3.05) is 47.5 Å². The quantitative estimate of drug-likeness (QED) is 0.0211. The molecule has 9 heteroatoms. The first-order valence-corrected chi connectivity index (χ1v) is 27.0. The summed E-state index contributed by atoms with van der Waals surface area (Å²) in [6, 6.07) is 0. The molecule has 0 saturated carbocycles. The summed E-state index contributed by atoms with van der Waals surface area (Å²) in [6.07, 6.45) is 57.4. The van der Waals surface area contributed by atoms with Gasteiger partial charge in [-0.1, -0.05) is 203 Å². The molecule has 66 heavy (non-hydrogen) atoms. The monoisotopic (exact) mass is 929 g/mol. The van der Waals surface area contributed by atoms with Gasteiger partial charge in [-0.25, -0.2) is 4.79 Å². The average Bonchev–Trinajstić information content (AvgIpc) is 3.28. The topological polar surface area (TPSA) is 108 Å². The molecule has 0 fully saturated rings. The van der Waals surface area contributed by atoms with Gasteiger partial charge in [0.25, 0.3) is 6.29 Å². The summed E-state index contributed by atoms with van der Waals surface area (Å²) in [6.45, 7) is 4.69. The third kappa shape index (κ3) is 48.9. The van der Waals surface area contributed by atoms with Crippen LogP contribution in [0.1, 0.15) is 226 Å². The number of aliphatic carboxylic acids is 1. The van der Waals surface area contributed by atoms with E-state index in [9.17, 15) is 19.5 Å². The Morgan fingerprint density at radius 2 is 0.864 bits per heavy atom. The molecule has 0 aromatic carbocycles. The fourth-order valence-electron chi connectivity index (χ4n) is 7.36. The van der Waals surface area contributed by atoms with Crippen molar-refractivity contribution < 1.29 is 42.9 Å². The SMILES string of the molecule is CC/C=C\C/C=C\C/C=C\C/C=C\CCCCCCCCCCCCCCCCCCCCC(=O)OC(COC(=O)CCCCCCC/C=C\CCC)COC(OCC[N+](C)(C)C)C(=O)O. The van der Waals surface area contributed by atoms with Gasteiger partial charge in [0.2, 0.25) is 0 Å². The lowest BCUT2D eigenvalue weighted by atomic mass is 10.0. The molecule has 0 aromatic heterocycles. The van der Waals surface area contributed by atoms with Crippen LogP contribution in [0, 0.1) is 0 Å². The van der Waals surface area contributed by atoms with E-state index in [2.05, 4.69) is 74.6 Å². The summed E-state index contributed by atoms with van der Waals surface area (Å²) in [7, 11) is 5.96. The molecule has 0 aromatic rings. The Morgan fingerprint density at radius 3 is 1.30 bits per heavy atom. The lowest BCUT2D eigenvalue weighted by molar-refractivity contribution is -0.870. The Hall–Kier alpha value is -3.01. The zero-order chi connectivity index (χ0) is 48.4. The Bertz CT molecular complexity index is 1270. The highest BCUT2D eigenvalue weighted by Crippen LogP contribution is 2.16. The largest absolute Gasteiger partial charge is 0.477 e. The number of hydrogen-bond donors (Lipinski definition) is 1. The number of ether oxygens (including phenoxy) is 4. The van der Waals surface area contributed by atoms with Gasteiger partial charge in [-0.2, -0.15) is 0 Å². The highest BCUT2D eigenvalue weighted by Gasteiger charge is 2.25. The van der Waals surface area contributed by atoms with E-state index in [1.165, 1.54) is 109 Å². The van der Waals surface area contributed by atoms with Crippen LogP contribution >= 0.6 is 0 Å². The highest BCUT2D eigenvalue weighted by atomic mass is 16.7. The summed E-state index contributed by atoms with van der Waals surface area (Å²) in [4.78, 5) is 37.2. The standard InChI is InChI=1S/C57H101NO8/c1-6-8-10-12-14-16-18-19-20-21-22-23-24-25-26-27-28-29-30-31-32-33-34-35-36-37-38-40-42-44-46-48-55(60)66-53(52-65-57(56(61)62)63-50-49-58(3,4)5)51-64-54(59)47-45-43-41-39-17-15-13-11-9-7-2/h8,10-11,13-14,16,19-20,22-23,53,57H,6-7,9,12,15,17-18,21,24-52H2,1-5H3/p+1/b10-8-,13-11-,16-14-,20-19-,23-22-. The van der Waals surface area contributed by atoms with E-state index in [0.29, 0.717) is 17.4 Å². The second-order valence-corrected chi connectivity index (χ2v) is 19.2. The second kappa shape index (κ2) is 48.4. The Morgan fingerprint density at radius 1 is 0.470 bits per heavy atom. The van der Waals surface area contributed by atoms with Gasteiger partial charge in [0.15, 0.2) is 6.10 Å². The highest BCUT2D eigenvalue weighted by molar-refractivity contribution is 5.71. The minimum atomic E-state index is -1.51. The van der Waals surface area contributed by atoms with Crippen LogP contribution in [0.4, 0.5) is 0 Å². The lowest BCUT2D eigenvalue weighted by Gasteiger charge is -2.25. The van der Waals surface area contributed by atoms with Gasteiger partial charge >= 0.3 is 17.9 Å². The fraction of sp³-hybridized carbons (Fsp3) is 0.772. The number of carboxylic acids is 1. The first-order chi connectivity index (χ1) is 32.1. The van der Waals surface area contributed by atoms with Crippen LogP contribution in [-0.2, 0) is 33.3 Å². The van der Waals surface area contributed by atoms with Gasteiger partial charge in [-0.3, -0.25) is 9.59 Å². The van der Waals surface area contributed by atoms with Crippen LogP contribution in [-0.4, -0.2) is 87.4 Å². The smallest absolute Gasteiger partial charge is 0.361 e. The molecule has 0 amide bonds. The van der Waals surface area contributed by atoms with Crippen LogP contribution in [0.5, 0.6) is 0 Å². The van der Waals surface area contributed by atoms with Crippen LogP contribution < -0.4 is 0 Å². The fourth-order valence-corrected chi connectivity index (χ4v) is 7.36. The first-order valence-electron chi connectivity index (χ1n) is 27.0. The number of unbranched alkanes of at least 4 members (excludes halogenated alkanes) is 24. The molecule has 0 spiro atoms. The van der Waals surface area contributed by atoms with Crippen LogP contribution in [0.3, 0.4) is 0 Å². The third-order valence-corrected chi connectivity index (χ3v) is 11.5. The number of rotatable bonds is 49. The number of carboxylic acid groups (broad SMARTS) is 1. The van der Waals surface area contributed by atoms with Gasteiger partial charge in [-0.15, -0.1) is 0 Å². The van der Waals surface area contributed by atoms with Crippen molar-refractivity contribution in [3.8, 4) is 0 Å². The minimum Gasteiger partial charge on any atom is -0.477 e. The number of carbonyl (C=O) groups is 3. The zero-order valence-electron chi connectivity index (χ0n) is 43.3. The predicted molar refractivity (Wildman–Crippen MR) is 276 cm³/mol. The first kappa shape index (κ1) is 63.0. The number of allylic oxidation sites excluding steroid dienone is 10. The molecule has 2 unspecified atom stereocenters. The number of hydrogen-bond acceptors (Lipinski definition) is 7. The number of esters is 2. The molecular weight excluding hydrogens is 827 g/mol. The summed E-state index contributed by atoms with van der Waals surface area (Å²) >= 11 is 0. The van der Waals surface area contributed by atoms with Crippen LogP contribution in [0.15, 0.2) is 60.8 Å². The molecule has 0 aliphatic carbocycles. The zero-order valence-corrected chi connectivity index (χ0v) is 43.3. The Labute approximate surface area is 405 Å². The normalized spacial score (nSPS) is 13.3. The molecule has 2 atom stereocenters. The molecule has 382 valence electrons. The Kier molecular flexibility index (Phi) is 46.2. The maximum Gasteiger partial charge on any atom is 0.361 e. The van der Waals surface area contributed by atoms with E-state index in [1.54, 1.807) is 0 Å². The van der Waals surface area contributed by atoms with Crippen LogP contribution in [0.25, 0.3) is 0 Å². The van der Waals surface area contributed by atoms with E-state index >= 15 is 0 Å². The minimum absolute atomic E-state index is 0.186.